The number of hydrogen-bond acceptors (Lipinski definition) is 5. The molecule has 0 aliphatic heterocycles. The van der Waals surface area contributed by atoms with Gasteiger partial charge in [0, 0.05) is 32.0 Å². The third-order valence-corrected chi connectivity index (χ3v) is 5.10. The minimum absolute atomic E-state index is 0.609. The quantitative estimate of drug-likeness (QED) is 0.480. The van der Waals surface area contributed by atoms with Gasteiger partial charge in [-0.15, -0.1) is 0 Å². The zero-order valence-electron chi connectivity index (χ0n) is 18.2. The van der Waals surface area contributed by atoms with Crippen LogP contribution >= 0.6 is 0 Å². The summed E-state index contributed by atoms with van der Waals surface area (Å²) in [6.45, 7) is 4.53. The van der Waals surface area contributed by atoms with Crippen LogP contribution < -0.4 is 14.2 Å². The van der Waals surface area contributed by atoms with Gasteiger partial charge in [0.2, 0.25) is 5.75 Å². The van der Waals surface area contributed by atoms with Gasteiger partial charge in [-0.1, -0.05) is 37.3 Å². The molecule has 3 rings (SSSR count). The van der Waals surface area contributed by atoms with Crippen LogP contribution in [0.15, 0.2) is 60.9 Å². The smallest absolute Gasteiger partial charge is 0.203 e. The molecule has 158 valence electrons. The number of hydrogen-bond donors (Lipinski definition) is 0. The molecular formula is C25H30N2O3. The van der Waals surface area contributed by atoms with Crippen molar-refractivity contribution in [3.63, 3.8) is 0 Å². The average molecular weight is 407 g/mol. The second-order valence-electron chi connectivity index (χ2n) is 7.21. The molecule has 0 N–H and O–H groups in total. The van der Waals surface area contributed by atoms with Crippen LogP contribution in [-0.2, 0) is 26.1 Å². The van der Waals surface area contributed by atoms with Crippen LogP contribution in [0.25, 0.3) is 0 Å². The Morgan fingerprint density at radius 1 is 0.733 bits per heavy atom. The fourth-order valence-electron chi connectivity index (χ4n) is 3.54. The molecular weight excluding hydrogens is 376 g/mol. The summed E-state index contributed by atoms with van der Waals surface area (Å²) in [5, 5.41) is 0. The van der Waals surface area contributed by atoms with Gasteiger partial charge in [0.25, 0.3) is 0 Å². The van der Waals surface area contributed by atoms with Crippen LogP contribution in [0, 0.1) is 0 Å². The zero-order valence-corrected chi connectivity index (χ0v) is 18.2. The first-order valence-corrected chi connectivity index (χ1v) is 10.1. The third kappa shape index (κ3) is 5.51. The molecule has 0 unspecified atom stereocenters. The number of methoxy groups -OCH3 is 3. The molecule has 0 amide bonds. The highest BCUT2D eigenvalue weighted by molar-refractivity contribution is 5.53. The highest BCUT2D eigenvalue weighted by atomic mass is 16.5. The molecule has 0 spiro atoms. The fourth-order valence-corrected chi connectivity index (χ4v) is 3.54. The first-order chi connectivity index (χ1) is 14.7. The molecule has 1 aromatic heterocycles. The van der Waals surface area contributed by atoms with E-state index in [4.69, 9.17) is 14.2 Å². The third-order valence-electron chi connectivity index (χ3n) is 5.10. The van der Waals surface area contributed by atoms with Crippen LogP contribution in [0.2, 0.25) is 0 Å². The van der Waals surface area contributed by atoms with Gasteiger partial charge in [-0.05, 0) is 46.9 Å². The molecule has 0 fully saturated rings. The Kier molecular flexibility index (Phi) is 7.69. The Morgan fingerprint density at radius 3 is 1.87 bits per heavy atom. The van der Waals surface area contributed by atoms with Crippen LogP contribution in [0.3, 0.4) is 0 Å². The summed E-state index contributed by atoms with van der Waals surface area (Å²) in [7, 11) is 4.91. The summed E-state index contributed by atoms with van der Waals surface area (Å²) in [5.41, 5.74) is 4.90. The number of rotatable bonds is 10. The van der Waals surface area contributed by atoms with E-state index in [9.17, 15) is 0 Å². The Morgan fingerprint density at radius 2 is 1.33 bits per heavy atom. The van der Waals surface area contributed by atoms with Crippen molar-refractivity contribution >= 4 is 0 Å². The van der Waals surface area contributed by atoms with E-state index >= 15 is 0 Å². The number of pyridine rings is 1. The van der Waals surface area contributed by atoms with E-state index in [1.807, 2.05) is 24.4 Å². The van der Waals surface area contributed by atoms with Gasteiger partial charge < -0.3 is 14.2 Å². The van der Waals surface area contributed by atoms with Crippen molar-refractivity contribution in [1.82, 2.24) is 9.88 Å². The monoisotopic (exact) mass is 406 g/mol. The second-order valence-corrected chi connectivity index (χ2v) is 7.21. The predicted molar refractivity (Wildman–Crippen MR) is 119 cm³/mol. The highest BCUT2D eigenvalue weighted by Crippen LogP contribution is 2.38. The van der Waals surface area contributed by atoms with Gasteiger partial charge in [-0.2, -0.15) is 0 Å². The normalized spacial score (nSPS) is 10.8. The summed E-state index contributed by atoms with van der Waals surface area (Å²) < 4.78 is 16.5. The van der Waals surface area contributed by atoms with E-state index in [2.05, 4.69) is 47.1 Å². The summed E-state index contributed by atoms with van der Waals surface area (Å²) in [4.78, 5) is 6.66. The maximum absolute atomic E-state index is 5.53. The van der Waals surface area contributed by atoms with Gasteiger partial charge in [0.05, 0.1) is 21.3 Å². The lowest BCUT2D eigenvalue weighted by molar-refractivity contribution is 0.246. The summed E-state index contributed by atoms with van der Waals surface area (Å²) in [6.07, 6.45) is 4.77. The number of aryl methyl sites for hydroxylation is 1. The lowest BCUT2D eigenvalue weighted by atomic mass is 10.1. The minimum atomic E-state index is 0.609. The van der Waals surface area contributed by atoms with E-state index in [-0.39, 0.29) is 0 Å². The number of ether oxygens (including phenoxy) is 3. The van der Waals surface area contributed by atoms with E-state index in [1.54, 1.807) is 27.5 Å². The SMILES string of the molecule is CCc1ccc(CN(Cc2cccnc2)Cc2cc(OC)c(OC)c(OC)c2)cc1. The number of aromatic nitrogens is 1. The minimum Gasteiger partial charge on any atom is -0.493 e. The molecule has 2 aromatic carbocycles. The van der Waals surface area contributed by atoms with Crippen molar-refractivity contribution in [3.8, 4) is 17.2 Å². The molecule has 0 saturated heterocycles. The molecule has 30 heavy (non-hydrogen) atoms. The molecule has 1 heterocycles. The lowest BCUT2D eigenvalue weighted by Gasteiger charge is -2.24. The van der Waals surface area contributed by atoms with E-state index < -0.39 is 0 Å². The first-order valence-electron chi connectivity index (χ1n) is 10.1. The molecule has 0 saturated carbocycles. The fraction of sp³-hybridized carbons (Fsp3) is 0.320. The van der Waals surface area contributed by atoms with Crippen molar-refractivity contribution in [1.29, 1.82) is 0 Å². The molecule has 0 bridgehead atoms. The Bertz CT molecular complexity index is 902. The van der Waals surface area contributed by atoms with Gasteiger partial charge in [0.1, 0.15) is 0 Å². The predicted octanol–water partition coefficient (Wildman–Crippen LogP) is 4.87. The van der Waals surface area contributed by atoms with Crippen LogP contribution in [0.5, 0.6) is 17.2 Å². The lowest BCUT2D eigenvalue weighted by Crippen LogP contribution is -2.22. The molecule has 0 aliphatic carbocycles. The summed E-state index contributed by atoms with van der Waals surface area (Å²) in [6, 6.07) is 16.9. The summed E-state index contributed by atoms with van der Waals surface area (Å²) in [5.74, 6) is 1.94. The van der Waals surface area contributed by atoms with E-state index in [1.165, 1.54) is 16.7 Å². The van der Waals surface area contributed by atoms with Crippen molar-refractivity contribution in [2.75, 3.05) is 21.3 Å². The molecule has 5 heteroatoms. The standard InChI is InChI=1S/C25H30N2O3/c1-5-19-8-10-20(11-9-19)16-27(17-21-7-6-12-26-15-21)18-22-13-23(28-2)25(30-4)24(14-22)29-3/h6-15H,5,16-18H2,1-4H3. The Balaban J connectivity index is 1.87. The van der Waals surface area contributed by atoms with Crippen molar-refractivity contribution in [3.05, 3.63) is 83.2 Å². The Labute approximate surface area is 179 Å². The zero-order chi connectivity index (χ0) is 21.3. The number of nitrogens with zero attached hydrogens (tertiary/aromatic N) is 2. The topological polar surface area (TPSA) is 43.8 Å². The van der Waals surface area contributed by atoms with Gasteiger partial charge in [-0.25, -0.2) is 0 Å². The molecule has 0 aliphatic rings. The van der Waals surface area contributed by atoms with Crippen molar-refractivity contribution < 1.29 is 14.2 Å². The van der Waals surface area contributed by atoms with E-state index in [0.29, 0.717) is 17.2 Å². The van der Waals surface area contributed by atoms with E-state index in [0.717, 1.165) is 31.6 Å². The maximum Gasteiger partial charge on any atom is 0.203 e. The Hall–Kier alpha value is -3.05. The van der Waals surface area contributed by atoms with Crippen molar-refractivity contribution in [2.24, 2.45) is 0 Å². The molecule has 3 aromatic rings. The van der Waals surface area contributed by atoms with Gasteiger partial charge in [-0.3, -0.25) is 9.88 Å². The maximum atomic E-state index is 5.53. The second kappa shape index (κ2) is 10.6. The van der Waals surface area contributed by atoms with Gasteiger partial charge in [0.15, 0.2) is 11.5 Å². The number of benzene rings is 2. The highest BCUT2D eigenvalue weighted by Gasteiger charge is 2.16. The first kappa shape index (κ1) is 21.7. The van der Waals surface area contributed by atoms with Crippen LogP contribution in [0.1, 0.15) is 29.2 Å². The molecule has 0 radical (unpaired) electrons. The van der Waals surface area contributed by atoms with Crippen molar-refractivity contribution in [2.45, 2.75) is 33.0 Å². The summed E-state index contributed by atoms with van der Waals surface area (Å²) >= 11 is 0. The van der Waals surface area contributed by atoms with Crippen LogP contribution in [-0.4, -0.2) is 31.2 Å². The molecule has 0 atom stereocenters. The largest absolute Gasteiger partial charge is 0.493 e. The average Bonchev–Trinajstić information content (AvgIpc) is 2.79. The van der Waals surface area contributed by atoms with Gasteiger partial charge >= 0.3 is 0 Å². The molecule has 5 nitrogen and oxygen atoms in total. The van der Waals surface area contributed by atoms with Crippen LogP contribution in [0.4, 0.5) is 0 Å².